The summed E-state index contributed by atoms with van der Waals surface area (Å²) in [6.45, 7) is 3.69. The molecule has 0 fully saturated rings. The summed E-state index contributed by atoms with van der Waals surface area (Å²) in [6, 6.07) is 25.3. The molecule has 7 heteroatoms. The molecule has 4 aromatic rings. The lowest BCUT2D eigenvalue weighted by atomic mass is 10.1. The number of anilines is 1. The van der Waals surface area contributed by atoms with E-state index in [1.54, 1.807) is 30.3 Å². The van der Waals surface area contributed by atoms with Crippen LogP contribution in [0.3, 0.4) is 0 Å². The highest BCUT2D eigenvalue weighted by atomic mass is 16.5. The van der Waals surface area contributed by atoms with Crippen LogP contribution < -0.4 is 14.8 Å². The molecule has 1 amide bonds. The van der Waals surface area contributed by atoms with Crippen molar-refractivity contribution in [3.8, 4) is 17.2 Å². The third-order valence-electron chi connectivity index (χ3n) is 5.44. The molecule has 184 valence electrons. The fourth-order valence-electron chi connectivity index (χ4n) is 3.69. The molecule has 0 aliphatic heterocycles. The molecule has 0 atom stereocenters. The molecule has 2 N–H and O–H groups in total. The number of nitrogens with one attached hydrogen (secondary N) is 1. The number of hydrogen-bond acceptors (Lipinski definition) is 5. The molecule has 0 aliphatic carbocycles. The summed E-state index contributed by atoms with van der Waals surface area (Å²) in [6.07, 6.45) is 0.110. The number of hydrogen-bond donors (Lipinski definition) is 2. The molecule has 0 aromatic heterocycles. The highest BCUT2D eigenvalue weighted by molar-refractivity contribution is 6.01. The van der Waals surface area contributed by atoms with E-state index in [0.29, 0.717) is 31.3 Å². The molecule has 4 aromatic carbocycles. The predicted molar refractivity (Wildman–Crippen MR) is 138 cm³/mol. The van der Waals surface area contributed by atoms with Crippen molar-refractivity contribution in [1.29, 1.82) is 0 Å². The average molecular weight is 486 g/mol. The predicted octanol–water partition coefficient (Wildman–Crippen LogP) is 5.93. The van der Waals surface area contributed by atoms with E-state index in [1.165, 1.54) is 6.07 Å². The van der Waals surface area contributed by atoms with Gasteiger partial charge in [0, 0.05) is 6.61 Å². The van der Waals surface area contributed by atoms with Gasteiger partial charge < -0.3 is 24.6 Å². The third-order valence-corrected chi connectivity index (χ3v) is 5.44. The molecule has 7 nitrogen and oxygen atoms in total. The first-order valence-corrected chi connectivity index (χ1v) is 11.6. The van der Waals surface area contributed by atoms with Gasteiger partial charge in [-0.15, -0.1) is 0 Å². The summed E-state index contributed by atoms with van der Waals surface area (Å²) in [7, 11) is 0. The second-order valence-electron chi connectivity index (χ2n) is 8.04. The van der Waals surface area contributed by atoms with Crippen molar-refractivity contribution in [2.75, 3.05) is 25.1 Å². The van der Waals surface area contributed by atoms with Crippen LogP contribution in [0.4, 0.5) is 5.69 Å². The van der Waals surface area contributed by atoms with Crippen LogP contribution in [0.2, 0.25) is 0 Å². The van der Waals surface area contributed by atoms with E-state index in [0.717, 1.165) is 22.1 Å². The molecule has 0 spiro atoms. The van der Waals surface area contributed by atoms with Crippen molar-refractivity contribution in [1.82, 2.24) is 0 Å². The maximum atomic E-state index is 12.4. The summed E-state index contributed by atoms with van der Waals surface area (Å²) in [5.41, 5.74) is 1.11. The fraction of sp³-hybridized carbons (Fsp3) is 0.172. The van der Waals surface area contributed by atoms with Crippen LogP contribution in [0.25, 0.3) is 10.8 Å². The van der Waals surface area contributed by atoms with Crippen LogP contribution in [0, 0.1) is 0 Å². The highest BCUT2D eigenvalue weighted by Crippen LogP contribution is 2.28. The van der Waals surface area contributed by atoms with Crippen molar-refractivity contribution >= 4 is 28.3 Å². The van der Waals surface area contributed by atoms with Gasteiger partial charge in [-0.1, -0.05) is 36.4 Å². The molecule has 0 heterocycles. The van der Waals surface area contributed by atoms with Gasteiger partial charge in [0.1, 0.15) is 23.9 Å². The molecule has 0 radical (unpaired) electrons. The van der Waals surface area contributed by atoms with Crippen LogP contribution in [0.1, 0.15) is 22.8 Å². The number of carbonyl (C=O) groups is 2. The average Bonchev–Trinajstić information content (AvgIpc) is 2.88. The lowest BCUT2D eigenvalue weighted by molar-refractivity contribution is -0.115. The number of benzene rings is 4. The van der Waals surface area contributed by atoms with E-state index >= 15 is 0 Å². The van der Waals surface area contributed by atoms with E-state index in [-0.39, 0.29) is 23.6 Å². The van der Waals surface area contributed by atoms with Crippen molar-refractivity contribution < 1.29 is 28.9 Å². The Labute approximate surface area is 209 Å². The largest absolute Gasteiger partial charge is 0.491 e. The number of aromatic carboxylic acids is 1. The molecule has 0 bridgehead atoms. The van der Waals surface area contributed by atoms with Crippen molar-refractivity contribution in [3.63, 3.8) is 0 Å². The zero-order valence-electron chi connectivity index (χ0n) is 19.9. The van der Waals surface area contributed by atoms with E-state index in [9.17, 15) is 14.7 Å². The SMILES string of the molecule is CCOCCOc1ccc2cc(Oc3ccc(CC(=O)Nc4ccccc4C(=O)O)cc3)ccc2c1. The van der Waals surface area contributed by atoms with Crippen LogP contribution in [0.15, 0.2) is 84.9 Å². The smallest absolute Gasteiger partial charge is 0.337 e. The summed E-state index contributed by atoms with van der Waals surface area (Å²) in [5.74, 6) is 0.747. The van der Waals surface area contributed by atoms with Gasteiger partial charge in [-0.3, -0.25) is 4.79 Å². The summed E-state index contributed by atoms with van der Waals surface area (Å²) in [4.78, 5) is 23.7. The topological polar surface area (TPSA) is 94.1 Å². The molecule has 4 rings (SSSR count). The number of ether oxygens (including phenoxy) is 3. The molecular weight excluding hydrogens is 458 g/mol. The normalized spacial score (nSPS) is 10.7. The molecule has 0 unspecified atom stereocenters. The van der Waals surface area contributed by atoms with Gasteiger partial charge in [0.15, 0.2) is 0 Å². The van der Waals surface area contributed by atoms with Crippen molar-refractivity contribution in [3.05, 3.63) is 96.1 Å². The van der Waals surface area contributed by atoms with Crippen LogP contribution in [-0.2, 0) is 16.0 Å². The van der Waals surface area contributed by atoms with E-state index in [2.05, 4.69) is 5.32 Å². The Bertz CT molecular complexity index is 1350. The minimum absolute atomic E-state index is 0.0512. The quantitative estimate of drug-likeness (QED) is 0.256. The zero-order chi connectivity index (χ0) is 25.3. The van der Waals surface area contributed by atoms with Gasteiger partial charge in [-0.25, -0.2) is 4.79 Å². The highest BCUT2D eigenvalue weighted by Gasteiger charge is 2.12. The number of para-hydroxylation sites is 1. The van der Waals surface area contributed by atoms with Gasteiger partial charge in [0.2, 0.25) is 5.91 Å². The third kappa shape index (κ3) is 6.61. The lowest BCUT2D eigenvalue weighted by Gasteiger charge is -2.10. The number of carboxylic acids is 1. The first kappa shape index (κ1) is 24.8. The maximum Gasteiger partial charge on any atom is 0.337 e. The van der Waals surface area contributed by atoms with Crippen LogP contribution in [0.5, 0.6) is 17.2 Å². The van der Waals surface area contributed by atoms with Crippen molar-refractivity contribution in [2.45, 2.75) is 13.3 Å². The van der Waals surface area contributed by atoms with Gasteiger partial charge in [-0.05, 0) is 71.8 Å². The summed E-state index contributed by atoms with van der Waals surface area (Å²) < 4.78 is 17.0. The minimum atomic E-state index is -1.09. The number of fused-ring (bicyclic) bond motifs is 1. The zero-order valence-corrected chi connectivity index (χ0v) is 19.9. The fourth-order valence-corrected chi connectivity index (χ4v) is 3.69. The van der Waals surface area contributed by atoms with Gasteiger partial charge in [0.25, 0.3) is 0 Å². The van der Waals surface area contributed by atoms with Gasteiger partial charge in [0.05, 0.1) is 24.3 Å². The first-order chi connectivity index (χ1) is 17.5. The summed E-state index contributed by atoms with van der Waals surface area (Å²) >= 11 is 0. The molecule has 36 heavy (non-hydrogen) atoms. The van der Waals surface area contributed by atoms with E-state index in [4.69, 9.17) is 14.2 Å². The van der Waals surface area contributed by atoms with Crippen LogP contribution >= 0.6 is 0 Å². The number of carbonyl (C=O) groups excluding carboxylic acids is 1. The standard InChI is InChI=1S/C29H27NO6/c1-2-34-15-16-35-24-13-9-22-19-25(14-10-21(22)18-24)36-23-11-7-20(8-12-23)17-28(31)30-27-6-4-3-5-26(27)29(32)33/h3-14,18-19H,2,15-17H2,1H3,(H,30,31)(H,32,33). The number of rotatable bonds is 11. The minimum Gasteiger partial charge on any atom is -0.491 e. The molecular formula is C29H27NO6. The second kappa shape index (κ2) is 11.9. The lowest BCUT2D eigenvalue weighted by Crippen LogP contribution is -2.16. The molecule has 0 saturated heterocycles. The Hall–Kier alpha value is -4.36. The first-order valence-electron chi connectivity index (χ1n) is 11.6. The Balaban J connectivity index is 1.35. The Morgan fingerprint density at radius 2 is 1.47 bits per heavy atom. The van der Waals surface area contributed by atoms with Gasteiger partial charge in [-0.2, -0.15) is 0 Å². The number of carboxylic acid groups (broad SMARTS) is 1. The van der Waals surface area contributed by atoms with E-state index in [1.807, 2.05) is 55.5 Å². The Morgan fingerprint density at radius 3 is 2.19 bits per heavy atom. The maximum absolute atomic E-state index is 12.4. The summed E-state index contributed by atoms with van der Waals surface area (Å²) in [5, 5.41) is 14.0. The second-order valence-corrected chi connectivity index (χ2v) is 8.04. The number of amides is 1. The Kier molecular flexibility index (Phi) is 8.16. The Morgan fingerprint density at radius 1 is 0.806 bits per heavy atom. The van der Waals surface area contributed by atoms with E-state index < -0.39 is 5.97 Å². The van der Waals surface area contributed by atoms with Gasteiger partial charge >= 0.3 is 5.97 Å². The molecule has 0 aliphatic rings. The monoisotopic (exact) mass is 485 g/mol. The molecule has 0 saturated carbocycles. The van der Waals surface area contributed by atoms with Crippen LogP contribution in [-0.4, -0.2) is 36.8 Å². The van der Waals surface area contributed by atoms with Crippen molar-refractivity contribution in [2.24, 2.45) is 0 Å².